The number of aromatic amines is 1. The molecule has 1 heterocycles. The van der Waals surface area contributed by atoms with E-state index in [-0.39, 0.29) is 0 Å². The summed E-state index contributed by atoms with van der Waals surface area (Å²) in [6.07, 6.45) is 3.53. The molecule has 1 aliphatic carbocycles. The Morgan fingerprint density at radius 2 is 2.21 bits per heavy atom. The van der Waals surface area contributed by atoms with E-state index in [0.717, 1.165) is 25.2 Å². The fraction of sp³-hybridized carbons (Fsp3) is 0.500. The second-order valence-corrected chi connectivity index (χ2v) is 5.58. The minimum absolute atomic E-state index is 0.655. The lowest BCUT2D eigenvalue weighted by Crippen LogP contribution is -2.33. The molecule has 1 atom stereocenters. The Bertz CT molecular complexity index is 586. The Hall–Kier alpha value is -1.48. The third-order valence-corrected chi connectivity index (χ3v) is 4.17. The number of fused-ring (bicyclic) bond motifs is 3. The first-order chi connectivity index (χ1) is 9.19. The van der Waals surface area contributed by atoms with Crippen LogP contribution in [0.5, 0.6) is 5.75 Å². The van der Waals surface area contributed by atoms with Gasteiger partial charge in [-0.1, -0.05) is 0 Å². The summed E-state index contributed by atoms with van der Waals surface area (Å²) in [5.41, 5.74) is 4.15. The van der Waals surface area contributed by atoms with E-state index >= 15 is 0 Å². The number of aromatic nitrogens is 1. The van der Waals surface area contributed by atoms with E-state index in [1.165, 1.54) is 28.6 Å². The van der Waals surface area contributed by atoms with Gasteiger partial charge in [-0.3, -0.25) is 0 Å². The summed E-state index contributed by atoms with van der Waals surface area (Å²) in [7, 11) is 4.35. The van der Waals surface area contributed by atoms with Crippen LogP contribution in [0.3, 0.4) is 0 Å². The van der Waals surface area contributed by atoms with E-state index in [4.69, 9.17) is 4.74 Å². The van der Waals surface area contributed by atoms with Gasteiger partial charge >= 0.3 is 0 Å². The molecule has 3 nitrogen and oxygen atoms in total. The smallest absolute Gasteiger partial charge is 0.120 e. The summed E-state index contributed by atoms with van der Waals surface area (Å²) in [6, 6.07) is 7.04. The van der Waals surface area contributed by atoms with E-state index in [9.17, 15) is 0 Å². The fourth-order valence-electron chi connectivity index (χ4n) is 3.08. The number of hydrogen-bond donors (Lipinski definition) is 1. The highest BCUT2D eigenvalue weighted by molar-refractivity contribution is 5.86. The number of H-pyrrole nitrogens is 1. The monoisotopic (exact) mass is 258 g/mol. The second-order valence-electron chi connectivity index (χ2n) is 5.58. The topological polar surface area (TPSA) is 28.3 Å². The van der Waals surface area contributed by atoms with Crippen LogP contribution in [0, 0.1) is 0 Å². The van der Waals surface area contributed by atoms with Crippen LogP contribution in [-0.4, -0.2) is 36.6 Å². The summed E-state index contributed by atoms with van der Waals surface area (Å²) < 4.78 is 5.62. The van der Waals surface area contributed by atoms with Gasteiger partial charge in [0, 0.05) is 22.6 Å². The summed E-state index contributed by atoms with van der Waals surface area (Å²) >= 11 is 0. The molecule has 0 saturated heterocycles. The van der Waals surface area contributed by atoms with Gasteiger partial charge in [0.25, 0.3) is 0 Å². The van der Waals surface area contributed by atoms with E-state index in [2.05, 4.69) is 42.2 Å². The van der Waals surface area contributed by atoms with Gasteiger partial charge in [0.2, 0.25) is 0 Å². The Morgan fingerprint density at radius 3 is 2.95 bits per heavy atom. The predicted octanol–water partition coefficient (Wildman–Crippen LogP) is 2.99. The molecule has 0 amide bonds. The van der Waals surface area contributed by atoms with E-state index in [1.54, 1.807) is 0 Å². The molecule has 0 spiro atoms. The zero-order valence-electron chi connectivity index (χ0n) is 12.0. The molecule has 0 bridgehead atoms. The Balaban J connectivity index is 2.02. The lowest BCUT2D eigenvalue weighted by atomic mass is 9.91. The van der Waals surface area contributed by atoms with Crippen LogP contribution < -0.4 is 4.74 Å². The van der Waals surface area contributed by atoms with Crippen molar-refractivity contribution in [2.75, 3.05) is 20.7 Å². The second kappa shape index (κ2) is 4.89. The van der Waals surface area contributed by atoms with E-state index < -0.39 is 0 Å². The van der Waals surface area contributed by atoms with E-state index in [0.29, 0.717) is 6.04 Å². The van der Waals surface area contributed by atoms with Crippen molar-refractivity contribution in [1.82, 2.24) is 9.88 Å². The van der Waals surface area contributed by atoms with Crippen LogP contribution in [-0.2, 0) is 12.8 Å². The van der Waals surface area contributed by atoms with Crippen molar-refractivity contribution in [1.29, 1.82) is 0 Å². The Kier molecular flexibility index (Phi) is 3.23. The molecule has 102 valence electrons. The highest BCUT2D eigenvalue weighted by atomic mass is 16.5. The first kappa shape index (κ1) is 12.5. The van der Waals surface area contributed by atoms with Gasteiger partial charge in [-0.05, 0) is 64.0 Å². The summed E-state index contributed by atoms with van der Waals surface area (Å²) in [4.78, 5) is 5.91. The number of aryl methyl sites for hydroxylation is 1. The molecular formula is C16H22N2O. The lowest BCUT2D eigenvalue weighted by molar-refractivity contribution is 0.268. The molecule has 1 aromatic heterocycles. The fourth-order valence-corrected chi connectivity index (χ4v) is 3.08. The van der Waals surface area contributed by atoms with Crippen LogP contribution >= 0.6 is 0 Å². The highest BCUT2D eigenvalue weighted by Gasteiger charge is 2.23. The van der Waals surface area contributed by atoms with Gasteiger partial charge in [-0.25, -0.2) is 0 Å². The highest BCUT2D eigenvalue weighted by Crippen LogP contribution is 2.32. The predicted molar refractivity (Wildman–Crippen MR) is 79.0 cm³/mol. The van der Waals surface area contributed by atoms with Gasteiger partial charge in [0.1, 0.15) is 5.75 Å². The molecule has 2 aromatic rings. The number of hydrogen-bond acceptors (Lipinski definition) is 2. The van der Waals surface area contributed by atoms with Crippen molar-refractivity contribution in [2.45, 2.75) is 32.2 Å². The third kappa shape index (κ3) is 2.23. The number of nitrogens with one attached hydrogen (secondary N) is 1. The molecular weight excluding hydrogens is 236 g/mol. The molecule has 0 aliphatic heterocycles. The van der Waals surface area contributed by atoms with Crippen molar-refractivity contribution in [3.8, 4) is 5.75 Å². The summed E-state index contributed by atoms with van der Waals surface area (Å²) in [6.45, 7) is 2.75. The Morgan fingerprint density at radius 1 is 1.37 bits per heavy atom. The van der Waals surface area contributed by atoms with Gasteiger partial charge < -0.3 is 14.6 Å². The first-order valence-corrected chi connectivity index (χ1v) is 7.11. The molecule has 0 radical (unpaired) electrons. The number of likely N-dealkylation sites (N-methyl/N-ethyl adjacent to an activating group) is 1. The summed E-state index contributed by atoms with van der Waals surface area (Å²) in [5.74, 6) is 0.976. The average Bonchev–Trinajstić information content (AvgIpc) is 2.76. The molecule has 0 saturated carbocycles. The Labute approximate surface area is 114 Å². The lowest BCUT2D eigenvalue weighted by Gasteiger charge is -2.28. The van der Waals surface area contributed by atoms with Crippen molar-refractivity contribution < 1.29 is 4.74 Å². The van der Waals surface area contributed by atoms with Gasteiger partial charge in [-0.15, -0.1) is 0 Å². The molecule has 3 heteroatoms. The largest absolute Gasteiger partial charge is 0.494 e. The van der Waals surface area contributed by atoms with Crippen molar-refractivity contribution in [3.05, 3.63) is 29.5 Å². The maximum atomic E-state index is 5.62. The molecule has 1 unspecified atom stereocenters. The molecule has 1 N–H and O–H groups in total. The maximum Gasteiger partial charge on any atom is 0.120 e. The molecule has 0 fully saturated rings. The first-order valence-electron chi connectivity index (χ1n) is 7.11. The number of rotatable bonds is 3. The molecule has 19 heavy (non-hydrogen) atoms. The quantitative estimate of drug-likeness (QED) is 0.916. The van der Waals surface area contributed by atoms with Crippen molar-refractivity contribution >= 4 is 10.9 Å². The van der Waals surface area contributed by atoms with Crippen molar-refractivity contribution in [2.24, 2.45) is 0 Å². The van der Waals surface area contributed by atoms with Crippen LogP contribution in [0.2, 0.25) is 0 Å². The van der Waals surface area contributed by atoms with Gasteiger partial charge in [0.15, 0.2) is 0 Å². The van der Waals surface area contributed by atoms with E-state index in [1.807, 2.05) is 6.92 Å². The minimum Gasteiger partial charge on any atom is -0.494 e. The van der Waals surface area contributed by atoms with Crippen molar-refractivity contribution in [3.63, 3.8) is 0 Å². The van der Waals surface area contributed by atoms with Gasteiger partial charge in [-0.2, -0.15) is 0 Å². The summed E-state index contributed by atoms with van der Waals surface area (Å²) in [5, 5.41) is 1.34. The van der Waals surface area contributed by atoms with Crippen LogP contribution in [0.25, 0.3) is 10.9 Å². The average molecular weight is 258 g/mol. The zero-order chi connectivity index (χ0) is 13.4. The van der Waals surface area contributed by atoms with Crippen LogP contribution in [0.15, 0.2) is 18.2 Å². The van der Waals surface area contributed by atoms with Crippen LogP contribution in [0.1, 0.15) is 24.6 Å². The standard InChI is InChI=1S/C16H22N2O/c1-4-19-12-6-8-16-14(10-12)13-9-11(18(2)3)5-7-15(13)17-16/h6,8,10-11,17H,4-5,7,9H2,1-3H3. The SMILES string of the molecule is CCOc1ccc2[nH]c3c(c2c1)CC(N(C)C)CC3. The third-order valence-electron chi connectivity index (χ3n) is 4.17. The number of nitrogens with zero attached hydrogens (tertiary/aromatic N) is 1. The molecule has 3 rings (SSSR count). The minimum atomic E-state index is 0.655. The van der Waals surface area contributed by atoms with Crippen LogP contribution in [0.4, 0.5) is 0 Å². The maximum absolute atomic E-state index is 5.62. The van der Waals surface area contributed by atoms with Gasteiger partial charge in [0.05, 0.1) is 6.61 Å². The number of benzene rings is 1. The zero-order valence-corrected chi connectivity index (χ0v) is 12.0. The molecule has 1 aliphatic rings. The number of ether oxygens (including phenoxy) is 1. The normalized spacial score (nSPS) is 18.8. The molecule has 1 aromatic carbocycles.